The van der Waals surface area contributed by atoms with Crippen LogP contribution in [0.4, 0.5) is 30.7 Å². The Kier molecular flexibility index (Phi) is 7.66. The topological polar surface area (TPSA) is 91.8 Å². The average Bonchev–Trinajstić information content (AvgIpc) is 3.37. The summed E-state index contributed by atoms with van der Waals surface area (Å²) >= 11 is 0. The van der Waals surface area contributed by atoms with E-state index in [1.54, 1.807) is 13.0 Å². The van der Waals surface area contributed by atoms with Crippen LogP contribution < -0.4 is 0 Å². The second-order valence-electron chi connectivity index (χ2n) is 12.2. The molecule has 5 rings (SSSR count). The lowest BCUT2D eigenvalue weighted by atomic mass is 9.71. The Bertz CT molecular complexity index is 1550. The van der Waals surface area contributed by atoms with Crippen molar-refractivity contribution in [1.82, 2.24) is 4.90 Å². The van der Waals surface area contributed by atoms with Crippen molar-refractivity contribution >= 4 is 21.7 Å². The molecule has 0 unspecified atom stereocenters. The van der Waals surface area contributed by atoms with Gasteiger partial charge in [-0.05, 0) is 75.1 Å². The number of hydrogen-bond acceptors (Lipinski definition) is 4. The molecular weight excluding hydrogens is 619 g/mol. The van der Waals surface area contributed by atoms with Crippen LogP contribution in [0.1, 0.15) is 62.1 Å². The van der Waals surface area contributed by atoms with Crippen molar-refractivity contribution in [3.8, 4) is 0 Å². The smallest absolute Gasteiger partial charge is 0.435 e. The van der Waals surface area contributed by atoms with E-state index in [9.17, 15) is 53.8 Å². The van der Waals surface area contributed by atoms with Crippen LogP contribution in [0.15, 0.2) is 53.4 Å². The van der Waals surface area contributed by atoms with Gasteiger partial charge in [0.15, 0.2) is 9.84 Å². The molecule has 6 nitrogen and oxygen atoms in total. The fraction of sp³-hybridized carbons (Fsp3) is 0.533. The van der Waals surface area contributed by atoms with E-state index in [4.69, 9.17) is 0 Å². The number of alkyl halides is 7. The summed E-state index contributed by atoms with van der Waals surface area (Å²) in [4.78, 5) is 26.8. The summed E-state index contributed by atoms with van der Waals surface area (Å²) in [5.41, 5.74) is -8.61. The molecule has 2 aromatic rings. The van der Waals surface area contributed by atoms with Crippen molar-refractivity contribution in [1.29, 1.82) is 0 Å². The number of benzene rings is 2. The zero-order chi connectivity index (χ0) is 32.5. The number of carbonyl (C=O) groups excluding carboxylic acids is 1. The van der Waals surface area contributed by atoms with Crippen molar-refractivity contribution in [3.63, 3.8) is 0 Å². The van der Waals surface area contributed by atoms with Gasteiger partial charge in [-0.25, -0.2) is 12.8 Å². The maximum Gasteiger partial charge on any atom is 0.435 e. The third-order valence-corrected chi connectivity index (χ3v) is 12.4. The predicted molar refractivity (Wildman–Crippen MR) is 143 cm³/mol. The molecule has 0 bridgehead atoms. The summed E-state index contributed by atoms with van der Waals surface area (Å²) in [5, 5.41) is 9.56. The Morgan fingerprint density at radius 2 is 1.48 bits per heavy atom. The quantitative estimate of drug-likeness (QED) is 0.375. The van der Waals surface area contributed by atoms with Gasteiger partial charge in [0, 0.05) is 18.0 Å². The molecule has 1 aliphatic heterocycles. The first kappa shape index (κ1) is 32.2. The summed E-state index contributed by atoms with van der Waals surface area (Å²) in [6.45, 7) is 1.54. The van der Waals surface area contributed by atoms with Crippen molar-refractivity contribution in [2.75, 3.05) is 6.54 Å². The van der Waals surface area contributed by atoms with Gasteiger partial charge in [0.25, 0.3) is 0 Å². The Hall–Kier alpha value is -3.16. The Morgan fingerprint density at radius 3 is 2.02 bits per heavy atom. The molecule has 240 valence electrons. The number of nitrogens with zero attached hydrogens (tertiary/aromatic N) is 1. The van der Waals surface area contributed by atoms with E-state index in [1.807, 2.05) is 0 Å². The Balaban J connectivity index is 1.61. The molecule has 0 radical (unpaired) electrons. The van der Waals surface area contributed by atoms with Gasteiger partial charge in [-0.3, -0.25) is 9.59 Å². The molecule has 1 saturated heterocycles. The largest absolute Gasteiger partial charge is 0.481 e. The fourth-order valence-corrected chi connectivity index (χ4v) is 9.64. The van der Waals surface area contributed by atoms with E-state index in [0.717, 1.165) is 6.07 Å². The predicted octanol–water partition coefficient (Wildman–Crippen LogP) is 6.47. The molecule has 3 aliphatic rings. The third-order valence-electron chi connectivity index (χ3n) is 9.84. The molecule has 1 heterocycles. The van der Waals surface area contributed by atoms with Gasteiger partial charge in [-0.2, -0.15) is 26.3 Å². The van der Waals surface area contributed by atoms with E-state index >= 15 is 0 Å². The lowest BCUT2D eigenvalue weighted by Gasteiger charge is -2.44. The van der Waals surface area contributed by atoms with Gasteiger partial charge >= 0.3 is 24.0 Å². The third kappa shape index (κ3) is 4.61. The molecular formula is C30H30F7NO5S. The number of carbonyl (C=O) groups is 2. The molecule has 44 heavy (non-hydrogen) atoms. The van der Waals surface area contributed by atoms with Gasteiger partial charge in [0.1, 0.15) is 4.75 Å². The zero-order valence-electron chi connectivity index (χ0n) is 23.5. The number of carboxylic acid groups (broad SMARTS) is 1. The summed E-state index contributed by atoms with van der Waals surface area (Å²) in [6.07, 6.45) is -12.2. The Labute approximate surface area is 249 Å². The number of rotatable bonds is 5. The Morgan fingerprint density at radius 1 is 0.886 bits per heavy atom. The average molecular weight is 650 g/mol. The molecule has 2 aliphatic carbocycles. The molecule has 2 fully saturated rings. The highest BCUT2D eigenvalue weighted by Gasteiger charge is 2.74. The monoisotopic (exact) mass is 649 g/mol. The normalized spacial score (nSPS) is 27.9. The van der Waals surface area contributed by atoms with Crippen molar-refractivity contribution in [3.05, 3.63) is 65.2 Å². The molecule has 2 atom stereocenters. The highest BCUT2D eigenvalue weighted by Crippen LogP contribution is 2.57. The number of aliphatic carboxylic acids is 1. The summed E-state index contributed by atoms with van der Waals surface area (Å²) in [6, 6.07) is 7.76. The summed E-state index contributed by atoms with van der Waals surface area (Å²) < 4.78 is 123. The summed E-state index contributed by atoms with van der Waals surface area (Å²) in [7, 11) is -4.42. The van der Waals surface area contributed by atoms with E-state index in [-0.39, 0.29) is 73.4 Å². The van der Waals surface area contributed by atoms with Crippen LogP contribution in [0, 0.1) is 11.3 Å². The number of fused-ring (bicyclic) bond motifs is 3. The highest BCUT2D eigenvalue weighted by atomic mass is 32.2. The van der Waals surface area contributed by atoms with Crippen LogP contribution in [0.2, 0.25) is 0 Å². The van der Waals surface area contributed by atoms with Crippen molar-refractivity contribution < 1.29 is 53.8 Å². The maximum absolute atomic E-state index is 15.0. The van der Waals surface area contributed by atoms with Gasteiger partial charge in [-0.1, -0.05) is 36.4 Å². The molecule has 1 N–H and O–H groups in total. The van der Waals surface area contributed by atoms with E-state index in [0.29, 0.717) is 12.1 Å². The van der Waals surface area contributed by atoms with Crippen molar-refractivity contribution in [2.45, 2.75) is 85.6 Å². The molecule has 0 aromatic heterocycles. The van der Waals surface area contributed by atoms with Crippen molar-refractivity contribution in [2.24, 2.45) is 11.3 Å². The van der Waals surface area contributed by atoms with Crippen LogP contribution >= 0.6 is 0 Å². The van der Waals surface area contributed by atoms with E-state index in [1.165, 1.54) is 29.2 Å². The van der Waals surface area contributed by atoms with Crippen LogP contribution in [-0.4, -0.2) is 55.2 Å². The van der Waals surface area contributed by atoms with Gasteiger partial charge in [-0.15, -0.1) is 0 Å². The van der Waals surface area contributed by atoms with Gasteiger partial charge in [0.2, 0.25) is 5.91 Å². The van der Waals surface area contributed by atoms with E-state index < -0.39 is 61.5 Å². The number of amides is 1. The number of sulfone groups is 1. The van der Waals surface area contributed by atoms with Crippen LogP contribution in [0.3, 0.4) is 0 Å². The summed E-state index contributed by atoms with van der Waals surface area (Å²) in [5.74, 6) is -1.93. The van der Waals surface area contributed by atoms with Crippen LogP contribution in [0.25, 0.3) is 0 Å². The standard InChI is InChI=1S/C30H30F7NO5S/c1-26(25(40)41)13-11-18(12-14-26)24(39)38-16-15-27(44(42,43)21-5-3-2-4-6-21)22-9-8-20(17-19(22)7-10-23(27)38)28(31,29(32,33)34)30(35,36)37/h2-6,8-9,17-18,23H,7,10-16H2,1H3,(H,40,41)/t18-,23-,26-,27-/m0/s1. The number of hydrogen-bond donors (Lipinski definition) is 1. The lowest BCUT2D eigenvalue weighted by Crippen LogP contribution is -2.54. The number of carboxylic acids is 1. The second kappa shape index (κ2) is 10.4. The molecule has 14 heteroatoms. The minimum atomic E-state index is -6.34. The maximum atomic E-state index is 15.0. The number of halogens is 7. The van der Waals surface area contributed by atoms with Crippen LogP contribution in [0.5, 0.6) is 0 Å². The first-order valence-electron chi connectivity index (χ1n) is 14.1. The highest BCUT2D eigenvalue weighted by molar-refractivity contribution is 7.92. The second-order valence-corrected chi connectivity index (χ2v) is 14.4. The zero-order valence-corrected chi connectivity index (χ0v) is 24.3. The SMILES string of the molecule is C[C@]1(C(=O)O)CC[C@H](C(=O)N2CC[C@]3(S(=O)(=O)c4ccccc4)c4ccc(C(F)(C(F)(F)F)C(F)(F)F)cc4CC[C@H]23)CC1. The van der Waals surface area contributed by atoms with Crippen LogP contribution in [-0.2, 0) is 36.3 Å². The van der Waals surface area contributed by atoms with E-state index in [2.05, 4.69) is 0 Å². The fourth-order valence-electron chi connectivity index (χ4n) is 7.25. The minimum Gasteiger partial charge on any atom is -0.481 e. The lowest BCUT2D eigenvalue weighted by molar-refractivity contribution is -0.348. The van der Waals surface area contributed by atoms with Gasteiger partial charge < -0.3 is 10.0 Å². The molecule has 2 aromatic carbocycles. The first-order chi connectivity index (χ1) is 20.3. The molecule has 1 amide bonds. The minimum absolute atomic E-state index is 0.0540. The molecule has 1 saturated carbocycles. The number of likely N-dealkylation sites (tertiary alicyclic amines) is 1. The first-order valence-corrected chi connectivity index (χ1v) is 15.6. The van der Waals surface area contributed by atoms with Gasteiger partial charge in [0.05, 0.1) is 16.4 Å². The molecule has 0 spiro atoms. The number of aryl methyl sites for hydroxylation is 1.